The molecule has 2 heteroatoms. The largest absolute Gasteiger partial charge is 0.508 e. The minimum Gasteiger partial charge on any atom is -0.508 e. The van der Waals surface area contributed by atoms with Crippen molar-refractivity contribution >= 4 is 21.5 Å². The molecule has 0 aliphatic rings. The minimum atomic E-state index is 0.255. The molecule has 0 aromatic heterocycles. The fourth-order valence-electron chi connectivity index (χ4n) is 3.05. The average molecular weight is 286 g/mol. The molecule has 0 saturated heterocycles. The summed E-state index contributed by atoms with van der Waals surface area (Å²) in [5.74, 6) is 0.536. The third-order valence-electron chi connectivity index (χ3n) is 4.04. The highest BCUT2D eigenvalue weighted by molar-refractivity contribution is 6.07. The first-order valence-corrected chi connectivity index (χ1v) is 7.17. The van der Waals surface area contributed by atoms with Crippen LogP contribution in [-0.2, 0) is 0 Å². The summed E-state index contributed by atoms with van der Waals surface area (Å²) in [6, 6.07) is 22.9. The Bertz CT molecular complexity index is 998. The molecule has 0 radical (unpaired) electrons. The lowest BCUT2D eigenvalue weighted by Crippen LogP contribution is -1.84. The second-order valence-corrected chi connectivity index (χ2v) is 5.39. The van der Waals surface area contributed by atoms with Gasteiger partial charge in [-0.3, -0.25) is 0 Å². The Kier molecular flexibility index (Phi) is 2.76. The normalized spacial score (nSPS) is 11.1. The Labute approximate surface area is 127 Å². The topological polar surface area (TPSA) is 40.5 Å². The number of phenols is 2. The number of hydrogen-bond acceptors (Lipinski definition) is 2. The molecular weight excluding hydrogens is 272 g/mol. The van der Waals surface area contributed by atoms with E-state index in [0.29, 0.717) is 0 Å². The summed E-state index contributed by atoms with van der Waals surface area (Å²) in [5, 5.41) is 23.8. The van der Waals surface area contributed by atoms with Crippen molar-refractivity contribution in [1.29, 1.82) is 0 Å². The minimum absolute atomic E-state index is 0.255. The third kappa shape index (κ3) is 1.89. The van der Waals surface area contributed by atoms with Gasteiger partial charge in [-0.15, -0.1) is 0 Å². The SMILES string of the molecule is Oc1ccc2c(-c3cccc4cccc(O)c34)cccc2c1. The molecule has 0 aliphatic carbocycles. The summed E-state index contributed by atoms with van der Waals surface area (Å²) in [6.07, 6.45) is 0. The van der Waals surface area contributed by atoms with E-state index in [9.17, 15) is 10.2 Å². The van der Waals surface area contributed by atoms with E-state index in [1.807, 2.05) is 54.6 Å². The van der Waals surface area contributed by atoms with E-state index in [1.165, 1.54) is 0 Å². The molecule has 4 rings (SSSR count). The van der Waals surface area contributed by atoms with E-state index in [1.54, 1.807) is 18.2 Å². The number of phenolic OH excluding ortho intramolecular Hbond substituents is 2. The molecule has 0 bridgehead atoms. The molecule has 2 N–H and O–H groups in total. The van der Waals surface area contributed by atoms with Gasteiger partial charge in [0.05, 0.1) is 0 Å². The van der Waals surface area contributed by atoms with Gasteiger partial charge in [0.2, 0.25) is 0 Å². The molecule has 22 heavy (non-hydrogen) atoms. The molecule has 0 atom stereocenters. The number of hydrogen-bond donors (Lipinski definition) is 2. The second kappa shape index (κ2) is 4.78. The standard InChI is InChI=1S/C20H14O2/c21-15-10-11-16-14(12-15)6-2-7-17(16)18-8-1-4-13-5-3-9-19(22)20(13)18/h1-12,21-22H. The van der Waals surface area contributed by atoms with Gasteiger partial charge >= 0.3 is 0 Å². The van der Waals surface area contributed by atoms with Crippen LogP contribution < -0.4 is 0 Å². The van der Waals surface area contributed by atoms with Gasteiger partial charge in [0.1, 0.15) is 11.5 Å². The van der Waals surface area contributed by atoms with Gasteiger partial charge in [0, 0.05) is 5.39 Å². The van der Waals surface area contributed by atoms with Crippen molar-refractivity contribution in [3.63, 3.8) is 0 Å². The summed E-state index contributed by atoms with van der Waals surface area (Å²) in [6.45, 7) is 0. The van der Waals surface area contributed by atoms with Crippen LogP contribution in [0.15, 0.2) is 72.8 Å². The lowest BCUT2D eigenvalue weighted by molar-refractivity contribution is 0.476. The number of fused-ring (bicyclic) bond motifs is 2. The van der Waals surface area contributed by atoms with Gasteiger partial charge in [0.15, 0.2) is 0 Å². The molecule has 0 amide bonds. The van der Waals surface area contributed by atoms with E-state index in [0.717, 1.165) is 32.7 Å². The zero-order valence-electron chi connectivity index (χ0n) is 11.8. The summed E-state index contributed by atoms with van der Waals surface area (Å²) in [7, 11) is 0. The first kappa shape index (κ1) is 12.7. The maximum atomic E-state index is 10.3. The van der Waals surface area contributed by atoms with Crippen LogP contribution in [-0.4, -0.2) is 10.2 Å². The van der Waals surface area contributed by atoms with Crippen molar-refractivity contribution in [2.45, 2.75) is 0 Å². The van der Waals surface area contributed by atoms with Gasteiger partial charge < -0.3 is 10.2 Å². The van der Waals surface area contributed by atoms with Crippen LogP contribution in [0.5, 0.6) is 11.5 Å². The number of aromatic hydroxyl groups is 2. The second-order valence-electron chi connectivity index (χ2n) is 5.39. The summed E-state index contributed by atoms with van der Waals surface area (Å²) in [5.41, 5.74) is 2.04. The van der Waals surface area contributed by atoms with Crippen LogP contribution in [0.1, 0.15) is 0 Å². The highest BCUT2D eigenvalue weighted by atomic mass is 16.3. The fourth-order valence-corrected chi connectivity index (χ4v) is 3.05. The zero-order chi connectivity index (χ0) is 15.1. The Morgan fingerprint density at radius 2 is 1.27 bits per heavy atom. The van der Waals surface area contributed by atoms with Crippen molar-refractivity contribution in [2.24, 2.45) is 0 Å². The van der Waals surface area contributed by atoms with Gasteiger partial charge in [0.25, 0.3) is 0 Å². The third-order valence-corrected chi connectivity index (χ3v) is 4.04. The molecule has 0 aliphatic heterocycles. The Morgan fingerprint density at radius 3 is 2.09 bits per heavy atom. The van der Waals surface area contributed by atoms with Crippen LogP contribution in [0.3, 0.4) is 0 Å². The maximum absolute atomic E-state index is 10.3. The molecule has 0 saturated carbocycles. The number of rotatable bonds is 1. The van der Waals surface area contributed by atoms with Crippen LogP contribution in [0.25, 0.3) is 32.7 Å². The fraction of sp³-hybridized carbons (Fsp3) is 0. The molecule has 0 fully saturated rings. The molecule has 106 valence electrons. The monoisotopic (exact) mass is 286 g/mol. The van der Waals surface area contributed by atoms with Crippen LogP contribution in [0.4, 0.5) is 0 Å². The van der Waals surface area contributed by atoms with E-state index in [2.05, 4.69) is 0 Å². The summed E-state index contributed by atoms with van der Waals surface area (Å²) in [4.78, 5) is 0. The zero-order valence-corrected chi connectivity index (χ0v) is 11.8. The first-order chi connectivity index (χ1) is 10.7. The molecule has 0 heterocycles. The maximum Gasteiger partial charge on any atom is 0.124 e. The van der Waals surface area contributed by atoms with Crippen molar-refractivity contribution in [2.75, 3.05) is 0 Å². The van der Waals surface area contributed by atoms with Crippen molar-refractivity contribution in [1.82, 2.24) is 0 Å². The molecule has 4 aromatic rings. The van der Waals surface area contributed by atoms with Crippen molar-refractivity contribution in [3.05, 3.63) is 72.8 Å². The molecule has 2 nitrogen and oxygen atoms in total. The number of benzene rings is 4. The summed E-state index contributed by atoms with van der Waals surface area (Å²) < 4.78 is 0. The van der Waals surface area contributed by atoms with Crippen LogP contribution in [0, 0.1) is 0 Å². The molecular formula is C20H14O2. The van der Waals surface area contributed by atoms with Gasteiger partial charge in [-0.2, -0.15) is 0 Å². The quantitative estimate of drug-likeness (QED) is 0.513. The first-order valence-electron chi connectivity index (χ1n) is 7.17. The predicted molar refractivity (Wildman–Crippen MR) is 90.2 cm³/mol. The molecule has 4 aromatic carbocycles. The highest BCUT2D eigenvalue weighted by Gasteiger charge is 2.10. The highest BCUT2D eigenvalue weighted by Crippen LogP contribution is 2.38. The predicted octanol–water partition coefficient (Wildman–Crippen LogP) is 5.07. The average Bonchev–Trinajstić information content (AvgIpc) is 2.54. The smallest absolute Gasteiger partial charge is 0.124 e. The van der Waals surface area contributed by atoms with Crippen molar-refractivity contribution < 1.29 is 10.2 Å². The van der Waals surface area contributed by atoms with Gasteiger partial charge in [-0.05, 0) is 45.5 Å². The lowest BCUT2D eigenvalue weighted by Gasteiger charge is -2.11. The Balaban J connectivity index is 2.12. The molecule has 0 spiro atoms. The summed E-state index contributed by atoms with van der Waals surface area (Å²) >= 11 is 0. The van der Waals surface area contributed by atoms with E-state index >= 15 is 0 Å². The van der Waals surface area contributed by atoms with Crippen LogP contribution >= 0.6 is 0 Å². The van der Waals surface area contributed by atoms with Crippen LogP contribution in [0.2, 0.25) is 0 Å². The lowest BCUT2D eigenvalue weighted by atomic mass is 9.93. The van der Waals surface area contributed by atoms with Gasteiger partial charge in [-0.1, -0.05) is 54.6 Å². The Hall–Kier alpha value is -3.00. The van der Waals surface area contributed by atoms with Gasteiger partial charge in [-0.25, -0.2) is 0 Å². The van der Waals surface area contributed by atoms with E-state index < -0.39 is 0 Å². The Morgan fingerprint density at radius 1 is 0.591 bits per heavy atom. The van der Waals surface area contributed by atoms with Crippen molar-refractivity contribution in [3.8, 4) is 22.6 Å². The molecule has 0 unspecified atom stereocenters. The van der Waals surface area contributed by atoms with E-state index in [-0.39, 0.29) is 11.5 Å². The van der Waals surface area contributed by atoms with E-state index in [4.69, 9.17) is 0 Å².